The SMILES string of the molecule is COc1ccc(O)c(CNc2ccc3ncccc3c2)c1. The van der Waals surface area contributed by atoms with Crippen LogP contribution in [0.2, 0.25) is 0 Å². The number of aromatic nitrogens is 1. The second-order valence-corrected chi connectivity index (χ2v) is 4.76. The maximum Gasteiger partial charge on any atom is 0.120 e. The van der Waals surface area contributed by atoms with Crippen molar-refractivity contribution in [2.24, 2.45) is 0 Å². The third-order valence-corrected chi connectivity index (χ3v) is 3.37. The van der Waals surface area contributed by atoms with E-state index < -0.39 is 0 Å². The van der Waals surface area contributed by atoms with Crippen molar-refractivity contribution in [1.29, 1.82) is 0 Å². The number of ether oxygens (including phenoxy) is 1. The van der Waals surface area contributed by atoms with Crippen molar-refractivity contribution in [3.8, 4) is 11.5 Å². The molecule has 0 aliphatic carbocycles. The maximum atomic E-state index is 9.87. The number of pyridine rings is 1. The largest absolute Gasteiger partial charge is 0.508 e. The first-order valence-electron chi connectivity index (χ1n) is 6.71. The standard InChI is InChI=1S/C17H16N2O2/c1-21-15-5-7-17(20)13(10-15)11-19-14-4-6-16-12(9-14)3-2-8-18-16/h2-10,19-20H,11H2,1H3. The van der Waals surface area contributed by atoms with Gasteiger partial charge in [0.1, 0.15) is 11.5 Å². The summed E-state index contributed by atoms with van der Waals surface area (Å²) in [5.41, 5.74) is 2.74. The smallest absolute Gasteiger partial charge is 0.120 e. The molecule has 3 aromatic rings. The molecule has 0 spiro atoms. The van der Waals surface area contributed by atoms with Crippen LogP contribution in [-0.2, 0) is 6.54 Å². The Morgan fingerprint density at radius 3 is 2.90 bits per heavy atom. The minimum Gasteiger partial charge on any atom is -0.508 e. The highest BCUT2D eigenvalue weighted by Crippen LogP contribution is 2.24. The van der Waals surface area contributed by atoms with Gasteiger partial charge in [-0.2, -0.15) is 0 Å². The van der Waals surface area contributed by atoms with Crippen LogP contribution in [0, 0.1) is 0 Å². The Hall–Kier alpha value is -2.75. The lowest BCUT2D eigenvalue weighted by Crippen LogP contribution is -2.00. The number of hydrogen-bond donors (Lipinski definition) is 2. The highest BCUT2D eigenvalue weighted by Gasteiger charge is 2.04. The number of fused-ring (bicyclic) bond motifs is 1. The number of phenolic OH excluding ortho intramolecular Hbond substituents is 1. The molecular weight excluding hydrogens is 264 g/mol. The molecule has 2 N–H and O–H groups in total. The lowest BCUT2D eigenvalue weighted by Gasteiger charge is -2.10. The van der Waals surface area contributed by atoms with Crippen molar-refractivity contribution in [1.82, 2.24) is 4.98 Å². The molecule has 1 heterocycles. The van der Waals surface area contributed by atoms with E-state index in [1.54, 1.807) is 25.4 Å². The quantitative estimate of drug-likeness (QED) is 0.767. The number of anilines is 1. The van der Waals surface area contributed by atoms with Crippen LogP contribution in [-0.4, -0.2) is 17.2 Å². The van der Waals surface area contributed by atoms with Gasteiger partial charge < -0.3 is 15.2 Å². The Balaban J connectivity index is 1.80. The van der Waals surface area contributed by atoms with E-state index in [9.17, 15) is 5.11 Å². The number of benzene rings is 2. The second-order valence-electron chi connectivity index (χ2n) is 4.76. The predicted molar refractivity (Wildman–Crippen MR) is 83.7 cm³/mol. The van der Waals surface area contributed by atoms with Crippen molar-refractivity contribution in [3.63, 3.8) is 0 Å². The Kier molecular flexibility index (Phi) is 3.60. The molecule has 2 aromatic carbocycles. The van der Waals surface area contributed by atoms with E-state index in [0.717, 1.165) is 27.9 Å². The fourth-order valence-corrected chi connectivity index (χ4v) is 2.21. The van der Waals surface area contributed by atoms with E-state index in [1.165, 1.54) is 0 Å². The molecule has 0 saturated carbocycles. The number of methoxy groups -OCH3 is 1. The normalized spacial score (nSPS) is 10.5. The van der Waals surface area contributed by atoms with Crippen LogP contribution in [0.4, 0.5) is 5.69 Å². The van der Waals surface area contributed by atoms with Crippen molar-refractivity contribution >= 4 is 16.6 Å². The molecule has 0 unspecified atom stereocenters. The van der Waals surface area contributed by atoms with Gasteiger partial charge in [-0.05, 0) is 42.5 Å². The lowest BCUT2D eigenvalue weighted by molar-refractivity contribution is 0.411. The number of nitrogens with zero attached hydrogens (tertiary/aromatic N) is 1. The van der Waals surface area contributed by atoms with Gasteiger partial charge in [0, 0.05) is 29.4 Å². The second kappa shape index (κ2) is 5.71. The zero-order valence-corrected chi connectivity index (χ0v) is 11.7. The van der Waals surface area contributed by atoms with Crippen LogP contribution in [0.5, 0.6) is 11.5 Å². The van der Waals surface area contributed by atoms with Crippen LogP contribution in [0.3, 0.4) is 0 Å². The van der Waals surface area contributed by atoms with Crippen LogP contribution >= 0.6 is 0 Å². The summed E-state index contributed by atoms with van der Waals surface area (Å²) in [7, 11) is 1.61. The fourth-order valence-electron chi connectivity index (χ4n) is 2.21. The summed E-state index contributed by atoms with van der Waals surface area (Å²) in [4.78, 5) is 4.29. The Morgan fingerprint density at radius 1 is 1.14 bits per heavy atom. The van der Waals surface area contributed by atoms with Gasteiger partial charge in [-0.25, -0.2) is 0 Å². The zero-order chi connectivity index (χ0) is 14.7. The van der Waals surface area contributed by atoms with Crippen molar-refractivity contribution in [2.75, 3.05) is 12.4 Å². The third kappa shape index (κ3) is 2.89. The molecule has 0 fully saturated rings. The molecule has 0 aliphatic rings. The van der Waals surface area contributed by atoms with Gasteiger partial charge in [0.25, 0.3) is 0 Å². The Labute approximate surface area is 123 Å². The van der Waals surface area contributed by atoms with Crippen LogP contribution in [0.25, 0.3) is 10.9 Å². The molecule has 3 rings (SSSR count). The van der Waals surface area contributed by atoms with Gasteiger partial charge in [-0.15, -0.1) is 0 Å². The first-order valence-corrected chi connectivity index (χ1v) is 6.71. The first-order chi connectivity index (χ1) is 10.3. The van der Waals surface area contributed by atoms with Crippen molar-refractivity contribution < 1.29 is 9.84 Å². The summed E-state index contributed by atoms with van der Waals surface area (Å²) in [5.74, 6) is 0.984. The number of nitrogens with one attached hydrogen (secondary N) is 1. The topological polar surface area (TPSA) is 54.4 Å². The molecule has 0 amide bonds. The summed E-state index contributed by atoms with van der Waals surface area (Å²) in [6.07, 6.45) is 1.78. The van der Waals surface area contributed by atoms with E-state index in [4.69, 9.17) is 4.74 Å². The molecule has 0 radical (unpaired) electrons. The molecule has 21 heavy (non-hydrogen) atoms. The van der Waals surface area contributed by atoms with E-state index in [0.29, 0.717) is 6.54 Å². The average Bonchev–Trinajstić information content (AvgIpc) is 2.54. The minimum atomic E-state index is 0.255. The fraction of sp³-hybridized carbons (Fsp3) is 0.118. The van der Waals surface area contributed by atoms with Gasteiger partial charge in [0.2, 0.25) is 0 Å². The average molecular weight is 280 g/mol. The predicted octanol–water partition coefficient (Wildman–Crippen LogP) is 3.56. The summed E-state index contributed by atoms with van der Waals surface area (Å²) < 4.78 is 5.17. The molecule has 0 atom stereocenters. The highest BCUT2D eigenvalue weighted by atomic mass is 16.5. The number of hydrogen-bond acceptors (Lipinski definition) is 4. The molecule has 106 valence electrons. The van der Waals surface area contributed by atoms with E-state index in [1.807, 2.05) is 36.4 Å². The summed E-state index contributed by atoms with van der Waals surface area (Å²) in [6.45, 7) is 0.523. The monoisotopic (exact) mass is 280 g/mol. The van der Waals surface area contributed by atoms with Gasteiger partial charge in [0.15, 0.2) is 0 Å². The van der Waals surface area contributed by atoms with E-state index in [2.05, 4.69) is 10.3 Å². The molecule has 0 aliphatic heterocycles. The lowest BCUT2D eigenvalue weighted by atomic mass is 10.1. The zero-order valence-electron chi connectivity index (χ0n) is 11.7. The van der Waals surface area contributed by atoms with Crippen molar-refractivity contribution in [3.05, 3.63) is 60.3 Å². The number of rotatable bonds is 4. The summed E-state index contributed by atoms with van der Waals surface area (Å²) in [6, 6.07) is 15.1. The molecule has 4 heteroatoms. The molecule has 4 nitrogen and oxygen atoms in total. The maximum absolute atomic E-state index is 9.87. The van der Waals surface area contributed by atoms with Gasteiger partial charge in [-0.3, -0.25) is 4.98 Å². The minimum absolute atomic E-state index is 0.255. The van der Waals surface area contributed by atoms with Crippen LogP contribution < -0.4 is 10.1 Å². The van der Waals surface area contributed by atoms with Gasteiger partial charge in [0.05, 0.1) is 12.6 Å². The van der Waals surface area contributed by atoms with Gasteiger partial charge >= 0.3 is 0 Å². The molecule has 0 bridgehead atoms. The van der Waals surface area contributed by atoms with Crippen molar-refractivity contribution in [2.45, 2.75) is 6.54 Å². The van der Waals surface area contributed by atoms with Gasteiger partial charge in [-0.1, -0.05) is 6.07 Å². The van der Waals surface area contributed by atoms with Crippen LogP contribution in [0.1, 0.15) is 5.56 Å². The van der Waals surface area contributed by atoms with Crippen LogP contribution in [0.15, 0.2) is 54.7 Å². The molecule has 0 saturated heterocycles. The molecular formula is C17H16N2O2. The number of phenols is 1. The Bertz CT molecular complexity index is 772. The van der Waals surface area contributed by atoms with E-state index >= 15 is 0 Å². The third-order valence-electron chi connectivity index (χ3n) is 3.37. The summed E-state index contributed by atoms with van der Waals surface area (Å²) in [5, 5.41) is 14.3. The first kappa shape index (κ1) is 13.2. The number of aromatic hydroxyl groups is 1. The molecule has 1 aromatic heterocycles. The van der Waals surface area contributed by atoms with E-state index in [-0.39, 0.29) is 5.75 Å². The Morgan fingerprint density at radius 2 is 2.05 bits per heavy atom. The summed E-state index contributed by atoms with van der Waals surface area (Å²) >= 11 is 0. The highest BCUT2D eigenvalue weighted by molar-refractivity contribution is 5.82.